The van der Waals surface area contributed by atoms with Gasteiger partial charge in [0.15, 0.2) is 0 Å². The minimum atomic E-state index is -3.81. The molecule has 0 aliphatic carbocycles. The molecule has 21 heavy (non-hydrogen) atoms. The van der Waals surface area contributed by atoms with E-state index in [4.69, 9.17) is 5.73 Å². The zero-order chi connectivity index (χ0) is 15.6. The van der Waals surface area contributed by atoms with Gasteiger partial charge in [0.05, 0.1) is 5.69 Å². The van der Waals surface area contributed by atoms with E-state index in [0.29, 0.717) is 16.6 Å². The lowest BCUT2D eigenvalue weighted by Gasteiger charge is -2.11. The molecule has 0 atom stereocenters. The number of halogens is 2. The molecule has 0 heterocycles. The van der Waals surface area contributed by atoms with E-state index in [9.17, 15) is 12.8 Å². The van der Waals surface area contributed by atoms with Crippen LogP contribution in [0.25, 0.3) is 0 Å². The standard InChI is InChI=1S/C14H14BrFN2O2S/c1-9-4-11(16)7-12(5-9)18-21(19,20)14-3-2-10(8-17)6-13(14)15/h2-7,18H,8,17H2,1H3. The Morgan fingerprint density at radius 3 is 2.52 bits per heavy atom. The summed E-state index contributed by atoms with van der Waals surface area (Å²) in [5.74, 6) is -0.495. The third kappa shape index (κ3) is 3.81. The van der Waals surface area contributed by atoms with Gasteiger partial charge in [-0.05, 0) is 64.3 Å². The highest BCUT2D eigenvalue weighted by Crippen LogP contribution is 2.26. The molecule has 112 valence electrons. The third-order valence-corrected chi connectivity index (χ3v) is 5.17. The van der Waals surface area contributed by atoms with Crippen LogP contribution in [0.5, 0.6) is 0 Å². The number of nitrogens with one attached hydrogen (secondary N) is 1. The Morgan fingerprint density at radius 1 is 1.24 bits per heavy atom. The van der Waals surface area contributed by atoms with Crippen molar-refractivity contribution in [1.29, 1.82) is 0 Å². The van der Waals surface area contributed by atoms with Gasteiger partial charge < -0.3 is 5.73 Å². The highest BCUT2D eigenvalue weighted by atomic mass is 79.9. The number of anilines is 1. The van der Waals surface area contributed by atoms with Crippen molar-refractivity contribution in [3.05, 3.63) is 57.8 Å². The largest absolute Gasteiger partial charge is 0.326 e. The summed E-state index contributed by atoms with van der Waals surface area (Å²) in [6.07, 6.45) is 0. The SMILES string of the molecule is Cc1cc(F)cc(NS(=O)(=O)c2ccc(CN)cc2Br)c1. The highest BCUT2D eigenvalue weighted by Gasteiger charge is 2.18. The molecule has 0 spiro atoms. The summed E-state index contributed by atoms with van der Waals surface area (Å²) in [7, 11) is -3.81. The lowest BCUT2D eigenvalue weighted by Crippen LogP contribution is -2.14. The summed E-state index contributed by atoms with van der Waals surface area (Å²) in [6, 6.07) is 8.75. The van der Waals surface area contributed by atoms with E-state index in [1.54, 1.807) is 25.1 Å². The van der Waals surface area contributed by atoms with Gasteiger partial charge in [-0.25, -0.2) is 12.8 Å². The maximum absolute atomic E-state index is 13.3. The molecule has 0 aliphatic heterocycles. The Bertz CT molecular complexity index is 758. The van der Waals surface area contributed by atoms with Crippen LogP contribution in [-0.4, -0.2) is 8.42 Å². The quantitative estimate of drug-likeness (QED) is 0.865. The van der Waals surface area contributed by atoms with Crippen LogP contribution in [0, 0.1) is 12.7 Å². The Hall–Kier alpha value is -1.44. The van der Waals surface area contributed by atoms with Crippen molar-refractivity contribution in [2.75, 3.05) is 4.72 Å². The number of hydrogen-bond donors (Lipinski definition) is 2. The van der Waals surface area contributed by atoms with E-state index in [0.717, 1.165) is 11.6 Å². The van der Waals surface area contributed by atoms with Crippen molar-refractivity contribution in [2.24, 2.45) is 5.73 Å². The summed E-state index contributed by atoms with van der Waals surface area (Å²) >= 11 is 3.22. The van der Waals surface area contributed by atoms with E-state index in [1.807, 2.05) is 0 Å². The van der Waals surface area contributed by atoms with Crippen molar-refractivity contribution in [1.82, 2.24) is 0 Å². The van der Waals surface area contributed by atoms with E-state index in [2.05, 4.69) is 20.7 Å². The van der Waals surface area contributed by atoms with Gasteiger partial charge in [-0.1, -0.05) is 6.07 Å². The maximum atomic E-state index is 13.3. The van der Waals surface area contributed by atoms with E-state index >= 15 is 0 Å². The van der Waals surface area contributed by atoms with Crippen molar-refractivity contribution in [3.63, 3.8) is 0 Å². The van der Waals surface area contributed by atoms with Crippen LogP contribution in [0.4, 0.5) is 10.1 Å². The second kappa shape index (κ2) is 6.13. The van der Waals surface area contributed by atoms with Crippen molar-refractivity contribution >= 4 is 31.6 Å². The van der Waals surface area contributed by atoms with E-state index in [1.165, 1.54) is 12.1 Å². The first kappa shape index (κ1) is 15.9. The number of sulfonamides is 1. The zero-order valence-electron chi connectivity index (χ0n) is 11.2. The molecule has 0 aliphatic rings. The highest BCUT2D eigenvalue weighted by molar-refractivity contribution is 9.10. The average molecular weight is 373 g/mol. The van der Waals surface area contributed by atoms with E-state index < -0.39 is 15.8 Å². The normalized spacial score (nSPS) is 11.4. The second-order valence-electron chi connectivity index (χ2n) is 4.59. The average Bonchev–Trinajstić information content (AvgIpc) is 2.36. The molecule has 0 bridgehead atoms. The summed E-state index contributed by atoms with van der Waals surface area (Å²) < 4.78 is 40.8. The lowest BCUT2D eigenvalue weighted by molar-refractivity contribution is 0.600. The van der Waals surface area contributed by atoms with Gasteiger partial charge in [0, 0.05) is 11.0 Å². The van der Waals surface area contributed by atoms with E-state index in [-0.39, 0.29) is 10.6 Å². The van der Waals surface area contributed by atoms with Crippen molar-refractivity contribution < 1.29 is 12.8 Å². The molecule has 0 radical (unpaired) electrons. The molecule has 2 aromatic rings. The van der Waals surface area contributed by atoms with Crippen LogP contribution >= 0.6 is 15.9 Å². The predicted molar refractivity (Wildman–Crippen MR) is 84.0 cm³/mol. The van der Waals surface area contributed by atoms with Gasteiger partial charge in [-0.3, -0.25) is 4.72 Å². The fraction of sp³-hybridized carbons (Fsp3) is 0.143. The fourth-order valence-electron chi connectivity index (χ4n) is 1.89. The van der Waals surface area contributed by atoms with Crippen molar-refractivity contribution in [2.45, 2.75) is 18.4 Å². The van der Waals surface area contributed by atoms with Gasteiger partial charge in [0.2, 0.25) is 0 Å². The molecule has 4 nitrogen and oxygen atoms in total. The van der Waals surface area contributed by atoms with Gasteiger partial charge in [-0.15, -0.1) is 0 Å². The summed E-state index contributed by atoms with van der Waals surface area (Å²) in [6.45, 7) is 2.00. The molecule has 3 N–H and O–H groups in total. The molecule has 0 aromatic heterocycles. The van der Waals surface area contributed by atoms with Crippen LogP contribution in [0.2, 0.25) is 0 Å². The van der Waals surface area contributed by atoms with Crippen LogP contribution < -0.4 is 10.5 Å². The monoisotopic (exact) mass is 372 g/mol. The molecule has 2 rings (SSSR count). The summed E-state index contributed by atoms with van der Waals surface area (Å²) in [5.41, 5.74) is 7.13. The molecule has 0 saturated carbocycles. The number of aryl methyl sites for hydroxylation is 1. The van der Waals surface area contributed by atoms with Crippen molar-refractivity contribution in [3.8, 4) is 0 Å². The fourth-order valence-corrected chi connectivity index (χ4v) is 4.06. The molecular weight excluding hydrogens is 359 g/mol. The Balaban J connectivity index is 2.38. The Kier molecular flexibility index (Phi) is 4.65. The number of hydrogen-bond acceptors (Lipinski definition) is 3. The minimum absolute atomic E-state index is 0.0709. The van der Waals surface area contributed by atoms with Crippen LogP contribution in [0.1, 0.15) is 11.1 Å². The van der Waals surface area contributed by atoms with Gasteiger partial charge in [0.25, 0.3) is 10.0 Å². The number of benzene rings is 2. The molecular formula is C14H14BrFN2O2S. The van der Waals surface area contributed by atoms with Gasteiger partial charge >= 0.3 is 0 Å². The summed E-state index contributed by atoms with van der Waals surface area (Å²) in [5, 5.41) is 0. The van der Waals surface area contributed by atoms with Gasteiger partial charge in [-0.2, -0.15) is 0 Å². The first-order valence-electron chi connectivity index (χ1n) is 6.10. The first-order valence-corrected chi connectivity index (χ1v) is 8.38. The summed E-state index contributed by atoms with van der Waals surface area (Å²) in [4.78, 5) is 0.0709. The van der Waals surface area contributed by atoms with Gasteiger partial charge in [0.1, 0.15) is 10.7 Å². The molecule has 2 aromatic carbocycles. The molecule has 0 amide bonds. The van der Waals surface area contributed by atoms with Crippen LogP contribution in [0.15, 0.2) is 45.8 Å². The second-order valence-corrected chi connectivity index (χ2v) is 7.10. The molecule has 0 unspecified atom stereocenters. The number of rotatable bonds is 4. The Labute approximate surface area is 131 Å². The number of nitrogens with two attached hydrogens (primary N) is 1. The predicted octanol–water partition coefficient (Wildman–Crippen LogP) is 3.16. The first-order chi connectivity index (χ1) is 9.81. The maximum Gasteiger partial charge on any atom is 0.263 e. The van der Waals surface area contributed by atoms with Crippen LogP contribution in [-0.2, 0) is 16.6 Å². The third-order valence-electron chi connectivity index (χ3n) is 2.82. The smallest absolute Gasteiger partial charge is 0.263 e. The topological polar surface area (TPSA) is 72.2 Å². The molecule has 0 fully saturated rings. The minimum Gasteiger partial charge on any atom is -0.326 e. The van der Waals surface area contributed by atoms with Crippen LogP contribution in [0.3, 0.4) is 0 Å². The Morgan fingerprint density at radius 2 is 1.95 bits per heavy atom. The molecule has 0 saturated heterocycles. The zero-order valence-corrected chi connectivity index (χ0v) is 13.6. The lowest BCUT2D eigenvalue weighted by atomic mass is 10.2. The molecule has 7 heteroatoms.